The number of carbonyl (C=O) groups is 1. The highest BCUT2D eigenvalue weighted by Crippen LogP contribution is 2.50. The van der Waals surface area contributed by atoms with Crippen LogP contribution in [0.5, 0.6) is 0 Å². The summed E-state index contributed by atoms with van der Waals surface area (Å²) in [5.41, 5.74) is -0.498. The zero-order chi connectivity index (χ0) is 24.8. The van der Waals surface area contributed by atoms with Crippen LogP contribution >= 0.6 is 0 Å². The molecule has 2 fully saturated rings. The first kappa shape index (κ1) is 28.0. The van der Waals surface area contributed by atoms with Gasteiger partial charge in [-0.15, -0.1) is 4.72 Å². The lowest BCUT2D eigenvalue weighted by molar-refractivity contribution is 0.00700. The zero-order valence-electron chi connectivity index (χ0n) is 22.4. The fourth-order valence-corrected chi connectivity index (χ4v) is 6.69. The van der Waals surface area contributed by atoms with Crippen molar-refractivity contribution in [3.05, 3.63) is 0 Å². The first-order valence-electron chi connectivity index (χ1n) is 12.1. The van der Waals surface area contributed by atoms with Crippen LogP contribution in [0.4, 0.5) is 4.79 Å². The molecule has 1 aliphatic carbocycles. The van der Waals surface area contributed by atoms with Gasteiger partial charge in [0.05, 0.1) is 6.04 Å². The number of hydrogen-bond acceptors (Lipinski definition) is 5. The van der Waals surface area contributed by atoms with Crippen molar-refractivity contribution in [2.75, 3.05) is 13.1 Å². The lowest BCUT2D eigenvalue weighted by Crippen LogP contribution is -2.54. The van der Waals surface area contributed by atoms with Gasteiger partial charge in [0, 0.05) is 30.6 Å². The highest BCUT2D eigenvalue weighted by atomic mass is 32.2. The first-order chi connectivity index (χ1) is 14.3. The highest BCUT2D eigenvalue weighted by Gasteiger charge is 2.53. The average molecular weight is 489 g/mol. The molecule has 1 saturated carbocycles. The van der Waals surface area contributed by atoms with Gasteiger partial charge in [0.1, 0.15) is 10.3 Å². The predicted octanol–water partition coefficient (Wildman–Crippen LogP) is 5.61. The van der Waals surface area contributed by atoms with E-state index in [0.717, 1.165) is 25.7 Å². The van der Waals surface area contributed by atoms with E-state index in [1.165, 1.54) is 0 Å². The van der Waals surface area contributed by atoms with Crippen LogP contribution in [-0.2, 0) is 20.5 Å². The normalized spacial score (nSPS) is 25.8. The van der Waals surface area contributed by atoms with E-state index in [9.17, 15) is 9.35 Å². The molecule has 0 aromatic rings. The molecule has 1 saturated heterocycles. The van der Waals surface area contributed by atoms with Crippen LogP contribution in [0.3, 0.4) is 0 Å². The number of likely N-dealkylation sites (tertiary alicyclic amines) is 1. The summed E-state index contributed by atoms with van der Waals surface area (Å²) < 4.78 is 28.6. The maximum atomic E-state index is 13.0. The van der Waals surface area contributed by atoms with E-state index < -0.39 is 25.3 Å². The molecule has 0 aromatic heterocycles. The average Bonchev–Trinajstić information content (AvgIpc) is 2.87. The largest absolute Gasteiger partial charge is 0.598 e. The van der Waals surface area contributed by atoms with Gasteiger partial charge in [-0.3, -0.25) is 0 Å². The van der Waals surface area contributed by atoms with Crippen LogP contribution in [0, 0.1) is 5.41 Å². The minimum Gasteiger partial charge on any atom is -0.598 e. The number of nitrogens with zero attached hydrogens (tertiary/aromatic N) is 1. The Bertz CT molecular complexity index is 658. The Morgan fingerprint density at radius 3 is 2.03 bits per heavy atom. The van der Waals surface area contributed by atoms with Crippen LogP contribution < -0.4 is 4.72 Å². The van der Waals surface area contributed by atoms with Gasteiger partial charge in [0.15, 0.2) is 8.32 Å². The molecule has 32 heavy (non-hydrogen) atoms. The SMILES string of the molecule is CC(C)(C)OC(=O)N1CCC2(CC1)C[C@@H](O[Si](C)(C)C(C)(C)C)C[C@H]2N[S@+]([O-])C(C)(C)C. The molecule has 0 aromatic carbocycles. The molecule has 3 atom stereocenters. The van der Waals surface area contributed by atoms with Crippen molar-refractivity contribution in [2.24, 2.45) is 5.41 Å². The second-order valence-corrected chi connectivity index (χ2v) is 20.1. The Morgan fingerprint density at radius 2 is 1.59 bits per heavy atom. The van der Waals surface area contributed by atoms with Crippen molar-refractivity contribution >= 4 is 25.8 Å². The van der Waals surface area contributed by atoms with Crippen LogP contribution in [-0.4, -0.2) is 59.4 Å². The third-order valence-electron chi connectivity index (χ3n) is 7.36. The molecule has 2 rings (SSSR count). The number of amides is 1. The molecular formula is C24H48N2O4SSi. The van der Waals surface area contributed by atoms with E-state index in [2.05, 4.69) is 38.6 Å². The number of ether oxygens (including phenoxy) is 1. The Kier molecular flexibility index (Phi) is 8.21. The third-order valence-corrected chi connectivity index (χ3v) is 13.5. The monoisotopic (exact) mass is 488 g/mol. The van der Waals surface area contributed by atoms with E-state index >= 15 is 0 Å². The molecule has 0 radical (unpaired) electrons. The first-order valence-corrected chi connectivity index (χ1v) is 16.2. The summed E-state index contributed by atoms with van der Waals surface area (Å²) in [4.78, 5) is 14.4. The quantitative estimate of drug-likeness (QED) is 0.411. The lowest BCUT2D eigenvalue weighted by Gasteiger charge is -2.44. The van der Waals surface area contributed by atoms with Crippen molar-refractivity contribution in [3.8, 4) is 0 Å². The summed E-state index contributed by atoms with van der Waals surface area (Å²) in [5, 5.41) is 0.153. The molecule has 1 heterocycles. The van der Waals surface area contributed by atoms with Gasteiger partial charge in [-0.05, 0) is 90.8 Å². The van der Waals surface area contributed by atoms with Gasteiger partial charge >= 0.3 is 6.09 Å². The summed E-state index contributed by atoms with van der Waals surface area (Å²) in [6.45, 7) is 24.5. The second-order valence-electron chi connectivity index (χ2n) is 13.3. The summed E-state index contributed by atoms with van der Waals surface area (Å²) in [7, 11) is -1.90. The molecule has 2 aliphatic rings. The van der Waals surface area contributed by atoms with E-state index in [4.69, 9.17) is 9.16 Å². The van der Waals surface area contributed by atoms with Gasteiger partial charge in [-0.2, -0.15) is 0 Å². The summed E-state index contributed by atoms with van der Waals surface area (Å²) >= 11 is -1.14. The fourth-order valence-electron chi connectivity index (χ4n) is 4.37. The Labute approximate surface area is 201 Å². The second kappa shape index (κ2) is 9.40. The molecule has 0 unspecified atom stereocenters. The maximum absolute atomic E-state index is 13.0. The maximum Gasteiger partial charge on any atom is 0.410 e. The Morgan fingerprint density at radius 1 is 1.06 bits per heavy atom. The van der Waals surface area contributed by atoms with E-state index in [1.807, 2.05) is 46.4 Å². The number of carbonyl (C=O) groups excluding carboxylic acids is 1. The number of hydrogen-bond donors (Lipinski definition) is 1. The molecule has 1 amide bonds. The van der Waals surface area contributed by atoms with Crippen LogP contribution in [0.15, 0.2) is 0 Å². The lowest BCUT2D eigenvalue weighted by atomic mass is 9.74. The van der Waals surface area contributed by atoms with Gasteiger partial charge < -0.3 is 18.6 Å². The van der Waals surface area contributed by atoms with Crippen molar-refractivity contribution in [1.29, 1.82) is 0 Å². The van der Waals surface area contributed by atoms with Gasteiger partial charge in [0.25, 0.3) is 0 Å². The van der Waals surface area contributed by atoms with Crippen molar-refractivity contribution in [2.45, 2.75) is 129 Å². The van der Waals surface area contributed by atoms with Crippen LogP contribution in [0.25, 0.3) is 0 Å². The van der Waals surface area contributed by atoms with Crippen molar-refractivity contribution < 1.29 is 18.5 Å². The highest BCUT2D eigenvalue weighted by molar-refractivity contribution is 7.90. The summed E-state index contributed by atoms with van der Waals surface area (Å²) in [6, 6.07) is 0.123. The summed E-state index contributed by atoms with van der Waals surface area (Å²) in [5.74, 6) is 0. The Hall–Kier alpha value is -0.283. The fraction of sp³-hybridized carbons (Fsp3) is 0.958. The molecular weight excluding hydrogens is 440 g/mol. The van der Waals surface area contributed by atoms with Gasteiger partial charge in [-0.25, -0.2) is 4.79 Å². The number of rotatable bonds is 4. The molecule has 1 N–H and O–H groups in total. The predicted molar refractivity (Wildman–Crippen MR) is 136 cm³/mol. The molecule has 6 nitrogen and oxygen atoms in total. The molecule has 1 spiro atoms. The van der Waals surface area contributed by atoms with E-state index in [0.29, 0.717) is 13.1 Å². The summed E-state index contributed by atoms with van der Waals surface area (Å²) in [6.07, 6.45) is 3.52. The molecule has 8 heteroatoms. The smallest absolute Gasteiger partial charge is 0.410 e. The number of nitrogens with one attached hydrogen (secondary N) is 1. The van der Waals surface area contributed by atoms with E-state index in [-0.39, 0.29) is 33.4 Å². The third kappa shape index (κ3) is 6.87. The van der Waals surface area contributed by atoms with Gasteiger partial charge in [-0.1, -0.05) is 20.8 Å². The minimum atomic E-state index is -1.90. The number of piperidine rings is 1. The molecule has 1 aliphatic heterocycles. The minimum absolute atomic E-state index is 0.00749. The molecule has 0 bridgehead atoms. The standard InChI is InChI=1S/C24H48N2O4SSi/c1-21(2,3)29-20(27)26-14-12-24(13-15-26)17-18(30-32(10,11)23(7,8)9)16-19(24)25-31(28)22(4,5)6/h18-19,25H,12-17H2,1-11H3/t18-,19+,31+/m0/s1. The van der Waals surface area contributed by atoms with Crippen molar-refractivity contribution in [1.82, 2.24) is 9.62 Å². The zero-order valence-corrected chi connectivity index (χ0v) is 24.2. The Balaban J connectivity index is 2.17. The van der Waals surface area contributed by atoms with Crippen LogP contribution in [0.1, 0.15) is 88.0 Å². The molecule has 188 valence electrons. The topological polar surface area (TPSA) is 73.9 Å². The van der Waals surface area contributed by atoms with E-state index in [1.54, 1.807) is 0 Å². The van der Waals surface area contributed by atoms with Gasteiger partial charge in [0.2, 0.25) is 0 Å². The van der Waals surface area contributed by atoms with Crippen molar-refractivity contribution in [3.63, 3.8) is 0 Å². The van der Waals surface area contributed by atoms with Crippen LogP contribution in [0.2, 0.25) is 18.1 Å².